The SMILES string of the molecule is CCN(c1cc(C#CCN(C)C)cc(C(=O)NCC2C(=O)N=C(C)C=C2C)c1C)C1CCOCC1. The van der Waals surface area contributed by atoms with Gasteiger partial charge in [-0.25, -0.2) is 4.99 Å². The Labute approximate surface area is 209 Å². The van der Waals surface area contributed by atoms with E-state index in [0.29, 0.717) is 23.9 Å². The normalized spacial score (nSPS) is 18.5. The molecule has 35 heavy (non-hydrogen) atoms. The van der Waals surface area contributed by atoms with Gasteiger partial charge in [-0.15, -0.1) is 0 Å². The molecule has 188 valence electrons. The van der Waals surface area contributed by atoms with E-state index in [4.69, 9.17) is 4.74 Å². The minimum atomic E-state index is -0.431. The van der Waals surface area contributed by atoms with Crippen LogP contribution in [0.1, 0.15) is 55.1 Å². The third-order valence-electron chi connectivity index (χ3n) is 6.57. The topological polar surface area (TPSA) is 74.2 Å². The van der Waals surface area contributed by atoms with Gasteiger partial charge in [0, 0.05) is 54.9 Å². The Hall–Kier alpha value is -2.95. The number of hydrogen-bond acceptors (Lipinski definition) is 5. The summed E-state index contributed by atoms with van der Waals surface area (Å²) in [7, 11) is 3.96. The zero-order valence-electron chi connectivity index (χ0n) is 21.9. The second kappa shape index (κ2) is 12.1. The minimum Gasteiger partial charge on any atom is -0.381 e. The number of dihydropyridines is 1. The van der Waals surface area contributed by atoms with Gasteiger partial charge in [0.05, 0.1) is 12.5 Å². The second-order valence-corrected chi connectivity index (χ2v) is 9.58. The van der Waals surface area contributed by atoms with Crippen LogP contribution in [-0.2, 0) is 9.53 Å². The number of carbonyl (C=O) groups is 2. The van der Waals surface area contributed by atoms with Crippen LogP contribution in [0.4, 0.5) is 5.69 Å². The molecule has 2 aliphatic heterocycles. The summed E-state index contributed by atoms with van der Waals surface area (Å²) < 4.78 is 5.58. The number of carbonyl (C=O) groups excluding carboxylic acids is 2. The molecule has 1 aromatic rings. The van der Waals surface area contributed by atoms with E-state index < -0.39 is 5.92 Å². The predicted octanol–water partition coefficient (Wildman–Crippen LogP) is 3.21. The summed E-state index contributed by atoms with van der Waals surface area (Å²) in [5, 5.41) is 2.99. The molecule has 0 bridgehead atoms. The molecule has 7 heteroatoms. The number of ether oxygens (including phenoxy) is 1. The maximum absolute atomic E-state index is 13.4. The number of nitrogens with zero attached hydrogens (tertiary/aromatic N) is 3. The highest BCUT2D eigenvalue weighted by molar-refractivity contribution is 6.06. The lowest BCUT2D eigenvalue weighted by Crippen LogP contribution is -2.40. The third kappa shape index (κ3) is 6.81. The molecule has 1 saturated heterocycles. The number of rotatable bonds is 7. The minimum absolute atomic E-state index is 0.199. The van der Waals surface area contributed by atoms with Gasteiger partial charge in [0.25, 0.3) is 11.8 Å². The Morgan fingerprint density at radius 1 is 1.20 bits per heavy atom. The van der Waals surface area contributed by atoms with Crippen molar-refractivity contribution in [2.75, 3.05) is 51.8 Å². The number of nitrogens with one attached hydrogen (secondary N) is 1. The molecular weight excluding hydrogens is 440 g/mol. The van der Waals surface area contributed by atoms with Crippen molar-refractivity contribution in [2.45, 2.75) is 46.6 Å². The van der Waals surface area contributed by atoms with Crippen molar-refractivity contribution in [3.63, 3.8) is 0 Å². The standard InChI is InChI=1S/C28H38N4O3/c1-7-32(23-10-13-35-14-11-23)26-17-22(9-8-12-31(5)6)16-24(21(26)4)27(33)29-18-25-19(2)15-20(3)30-28(25)34/h15-17,23,25H,7,10-14,18H2,1-6H3,(H,29,33). The van der Waals surface area contributed by atoms with E-state index in [9.17, 15) is 9.59 Å². The van der Waals surface area contributed by atoms with Crippen LogP contribution in [0.15, 0.2) is 28.8 Å². The summed E-state index contributed by atoms with van der Waals surface area (Å²) in [6.07, 6.45) is 3.82. The molecule has 2 amide bonds. The molecule has 1 N–H and O–H groups in total. The molecule has 0 aliphatic carbocycles. The number of aliphatic imine (C=N–C) groups is 1. The van der Waals surface area contributed by atoms with Gasteiger partial charge in [-0.3, -0.25) is 14.5 Å². The third-order valence-corrected chi connectivity index (χ3v) is 6.57. The Morgan fingerprint density at radius 2 is 1.91 bits per heavy atom. The maximum atomic E-state index is 13.4. The average Bonchev–Trinajstić information content (AvgIpc) is 2.80. The number of benzene rings is 1. The largest absolute Gasteiger partial charge is 0.381 e. The van der Waals surface area contributed by atoms with Gasteiger partial charge in [0.2, 0.25) is 0 Å². The van der Waals surface area contributed by atoms with Crippen molar-refractivity contribution in [3.05, 3.63) is 40.5 Å². The molecule has 0 spiro atoms. The highest BCUT2D eigenvalue weighted by Gasteiger charge is 2.27. The smallest absolute Gasteiger partial charge is 0.254 e. The zero-order valence-corrected chi connectivity index (χ0v) is 21.9. The summed E-state index contributed by atoms with van der Waals surface area (Å²) >= 11 is 0. The van der Waals surface area contributed by atoms with Crippen molar-refractivity contribution >= 4 is 23.2 Å². The molecular formula is C28H38N4O3. The monoisotopic (exact) mass is 478 g/mol. The van der Waals surface area contributed by atoms with Crippen LogP contribution < -0.4 is 10.2 Å². The van der Waals surface area contributed by atoms with Crippen molar-refractivity contribution in [3.8, 4) is 11.8 Å². The van der Waals surface area contributed by atoms with Crippen LogP contribution in [0.5, 0.6) is 0 Å². The fourth-order valence-electron chi connectivity index (χ4n) is 4.67. The summed E-state index contributed by atoms with van der Waals surface area (Å²) in [5.74, 6) is 5.59. The predicted molar refractivity (Wildman–Crippen MR) is 141 cm³/mol. The molecule has 0 aromatic heterocycles. The summed E-state index contributed by atoms with van der Waals surface area (Å²) in [6, 6.07) is 4.33. The highest BCUT2D eigenvalue weighted by atomic mass is 16.5. The van der Waals surface area contributed by atoms with Gasteiger partial charge in [-0.1, -0.05) is 17.4 Å². The molecule has 0 radical (unpaired) electrons. The van der Waals surface area contributed by atoms with Gasteiger partial charge in [0.1, 0.15) is 0 Å². The molecule has 1 aromatic carbocycles. The lowest BCUT2D eigenvalue weighted by Gasteiger charge is -2.36. The van der Waals surface area contributed by atoms with Crippen LogP contribution in [0.25, 0.3) is 0 Å². The first-order valence-corrected chi connectivity index (χ1v) is 12.4. The van der Waals surface area contributed by atoms with Gasteiger partial charge in [-0.2, -0.15) is 0 Å². The quantitative estimate of drug-likeness (QED) is 0.609. The van der Waals surface area contributed by atoms with Crippen molar-refractivity contribution < 1.29 is 14.3 Å². The first-order valence-electron chi connectivity index (χ1n) is 12.4. The van der Waals surface area contributed by atoms with Gasteiger partial charge < -0.3 is 15.0 Å². The van der Waals surface area contributed by atoms with E-state index >= 15 is 0 Å². The van der Waals surface area contributed by atoms with Crippen molar-refractivity contribution in [2.24, 2.45) is 10.9 Å². The number of hydrogen-bond donors (Lipinski definition) is 1. The number of amides is 2. The van der Waals surface area contributed by atoms with Crippen molar-refractivity contribution in [1.29, 1.82) is 0 Å². The molecule has 1 fully saturated rings. The van der Waals surface area contributed by atoms with Crippen LogP contribution >= 0.6 is 0 Å². The van der Waals surface area contributed by atoms with Crippen LogP contribution in [0.3, 0.4) is 0 Å². The molecule has 0 saturated carbocycles. The van der Waals surface area contributed by atoms with E-state index in [0.717, 1.165) is 55.0 Å². The molecule has 2 aliphatic rings. The Kier molecular flexibility index (Phi) is 9.25. The first kappa shape index (κ1) is 26.7. The van der Waals surface area contributed by atoms with E-state index in [1.165, 1.54) is 0 Å². The summed E-state index contributed by atoms with van der Waals surface area (Å²) in [6.45, 7) is 11.0. The van der Waals surface area contributed by atoms with Crippen LogP contribution in [-0.4, -0.2) is 75.4 Å². The molecule has 3 rings (SSSR count). The Balaban J connectivity index is 1.91. The molecule has 1 atom stereocenters. The Bertz CT molecular complexity index is 1070. The van der Waals surface area contributed by atoms with E-state index in [1.54, 1.807) is 0 Å². The second-order valence-electron chi connectivity index (χ2n) is 9.58. The molecule has 7 nitrogen and oxygen atoms in total. The van der Waals surface area contributed by atoms with Gasteiger partial charge in [-0.05, 0) is 78.4 Å². The zero-order chi connectivity index (χ0) is 25.5. The summed E-state index contributed by atoms with van der Waals surface area (Å²) in [4.78, 5) is 34.2. The number of anilines is 1. The van der Waals surface area contributed by atoms with Crippen molar-refractivity contribution in [1.82, 2.24) is 10.2 Å². The van der Waals surface area contributed by atoms with Crippen LogP contribution in [0, 0.1) is 24.7 Å². The maximum Gasteiger partial charge on any atom is 0.254 e. The first-order chi connectivity index (χ1) is 16.7. The summed E-state index contributed by atoms with van der Waals surface area (Å²) in [5.41, 5.74) is 4.98. The lowest BCUT2D eigenvalue weighted by atomic mass is 9.95. The Morgan fingerprint density at radius 3 is 2.54 bits per heavy atom. The van der Waals surface area contributed by atoms with E-state index in [-0.39, 0.29) is 18.4 Å². The van der Waals surface area contributed by atoms with Gasteiger partial charge in [0.15, 0.2) is 0 Å². The van der Waals surface area contributed by atoms with Gasteiger partial charge >= 0.3 is 0 Å². The fraction of sp³-hybridized carbons (Fsp3) is 0.536. The highest BCUT2D eigenvalue weighted by Crippen LogP contribution is 2.30. The number of allylic oxidation sites excluding steroid dienone is 1. The lowest BCUT2D eigenvalue weighted by molar-refractivity contribution is -0.120. The molecule has 1 unspecified atom stereocenters. The van der Waals surface area contributed by atoms with E-state index in [1.807, 2.05) is 51.9 Å². The van der Waals surface area contributed by atoms with E-state index in [2.05, 4.69) is 40.0 Å². The molecule has 2 heterocycles. The fourth-order valence-corrected chi connectivity index (χ4v) is 4.67. The average molecular weight is 479 g/mol. The van der Waals surface area contributed by atoms with Crippen LogP contribution in [0.2, 0.25) is 0 Å².